The van der Waals surface area contributed by atoms with Gasteiger partial charge in [0.25, 0.3) is 5.91 Å². The fourth-order valence-corrected chi connectivity index (χ4v) is 4.30. The zero-order chi connectivity index (χ0) is 20.8. The summed E-state index contributed by atoms with van der Waals surface area (Å²) in [6.07, 6.45) is 1.57. The van der Waals surface area contributed by atoms with Gasteiger partial charge in [0, 0.05) is 14.2 Å². The maximum atomic E-state index is 12.1. The van der Waals surface area contributed by atoms with E-state index in [4.69, 9.17) is 16.3 Å². The number of nitrogens with one attached hydrogen (secondary N) is 1. The zero-order valence-corrected chi connectivity index (χ0v) is 20.9. The van der Waals surface area contributed by atoms with Crippen molar-refractivity contribution in [3.63, 3.8) is 0 Å². The second-order valence-corrected chi connectivity index (χ2v) is 9.33. The van der Waals surface area contributed by atoms with Crippen LogP contribution in [0, 0.1) is 3.57 Å². The van der Waals surface area contributed by atoms with Crippen LogP contribution in [0.15, 0.2) is 74.7 Å². The number of halogens is 4. The molecule has 0 spiro atoms. The molecule has 0 radical (unpaired) electrons. The molecule has 0 saturated carbocycles. The molecule has 0 aromatic heterocycles. The fourth-order valence-electron chi connectivity index (χ4n) is 2.36. The fraction of sp³-hybridized carbons (Fsp3) is 0.0476. The first kappa shape index (κ1) is 22.3. The lowest BCUT2D eigenvalue weighted by molar-refractivity contribution is 0.0955. The molecule has 0 atom stereocenters. The average molecular weight is 649 g/mol. The third-order valence-electron chi connectivity index (χ3n) is 3.80. The predicted octanol–water partition coefficient (Wildman–Crippen LogP) is 6.81. The van der Waals surface area contributed by atoms with Crippen molar-refractivity contribution in [1.29, 1.82) is 0 Å². The molecule has 8 heteroatoms. The molecule has 0 saturated heterocycles. The van der Waals surface area contributed by atoms with Crippen LogP contribution in [0.4, 0.5) is 0 Å². The summed E-state index contributed by atoms with van der Waals surface area (Å²) in [5.74, 6) is 0.415. The molecular formula is C21H14Br2ClIN2O2. The molecule has 0 bridgehead atoms. The second kappa shape index (κ2) is 10.6. The van der Waals surface area contributed by atoms with Crippen molar-refractivity contribution in [2.45, 2.75) is 6.61 Å². The summed E-state index contributed by atoms with van der Waals surface area (Å²) in [7, 11) is 0. The molecule has 0 fully saturated rings. The van der Waals surface area contributed by atoms with Crippen LogP contribution in [0.3, 0.4) is 0 Å². The Morgan fingerprint density at radius 2 is 1.69 bits per heavy atom. The summed E-state index contributed by atoms with van der Waals surface area (Å²) in [6, 6.07) is 18.5. The van der Waals surface area contributed by atoms with Gasteiger partial charge in [0.2, 0.25) is 0 Å². The summed E-state index contributed by atoms with van der Waals surface area (Å²) in [5.41, 5.74) is 4.89. The van der Waals surface area contributed by atoms with Crippen molar-refractivity contribution in [3.05, 3.63) is 94.9 Å². The van der Waals surface area contributed by atoms with Gasteiger partial charge >= 0.3 is 0 Å². The number of benzene rings is 3. The van der Waals surface area contributed by atoms with Crippen molar-refractivity contribution < 1.29 is 9.53 Å². The van der Waals surface area contributed by atoms with E-state index in [0.717, 1.165) is 23.6 Å². The molecule has 4 nitrogen and oxygen atoms in total. The van der Waals surface area contributed by atoms with E-state index in [2.05, 4.69) is 65.0 Å². The smallest absolute Gasteiger partial charge is 0.271 e. The highest BCUT2D eigenvalue weighted by atomic mass is 127. The molecular weight excluding hydrogens is 634 g/mol. The molecule has 148 valence electrons. The minimum absolute atomic E-state index is 0.265. The van der Waals surface area contributed by atoms with Crippen molar-refractivity contribution in [1.82, 2.24) is 5.43 Å². The van der Waals surface area contributed by atoms with Crippen molar-refractivity contribution in [2.75, 3.05) is 0 Å². The minimum atomic E-state index is -0.265. The van der Waals surface area contributed by atoms with Crippen LogP contribution in [0.5, 0.6) is 5.75 Å². The highest BCUT2D eigenvalue weighted by Crippen LogP contribution is 2.35. The van der Waals surface area contributed by atoms with Crippen molar-refractivity contribution >= 4 is 78.2 Å². The number of hydrogen-bond acceptors (Lipinski definition) is 3. The molecule has 0 unspecified atom stereocenters. The molecule has 0 aliphatic heterocycles. The molecule has 0 heterocycles. The summed E-state index contributed by atoms with van der Waals surface area (Å²) in [4.78, 5) is 12.1. The van der Waals surface area contributed by atoms with E-state index in [1.165, 1.54) is 0 Å². The lowest BCUT2D eigenvalue weighted by atomic mass is 10.2. The summed E-state index contributed by atoms with van der Waals surface area (Å²) < 4.78 is 8.51. The van der Waals surface area contributed by atoms with Gasteiger partial charge in [-0.15, -0.1) is 0 Å². The van der Waals surface area contributed by atoms with Gasteiger partial charge in [-0.3, -0.25) is 4.79 Å². The van der Waals surface area contributed by atoms with Gasteiger partial charge in [-0.25, -0.2) is 5.43 Å². The number of hydrazone groups is 1. The molecule has 3 aromatic rings. The normalized spacial score (nSPS) is 10.9. The second-order valence-electron chi connectivity index (χ2n) is 5.93. The number of nitrogens with zero attached hydrogens (tertiary/aromatic N) is 1. The monoisotopic (exact) mass is 646 g/mol. The van der Waals surface area contributed by atoms with E-state index in [0.29, 0.717) is 22.9 Å². The minimum Gasteiger partial charge on any atom is -0.487 e. The Morgan fingerprint density at radius 1 is 1.07 bits per heavy atom. The Kier molecular flexibility index (Phi) is 8.11. The van der Waals surface area contributed by atoms with E-state index in [1.54, 1.807) is 18.3 Å². The Balaban J connectivity index is 1.63. The highest BCUT2D eigenvalue weighted by Gasteiger charge is 2.09. The molecule has 1 amide bonds. The van der Waals surface area contributed by atoms with Gasteiger partial charge in [0.15, 0.2) is 0 Å². The molecule has 1 N–H and O–H groups in total. The Labute approximate surface area is 204 Å². The Morgan fingerprint density at radius 3 is 2.31 bits per heavy atom. The Hall–Kier alpha value is -1.42. The van der Waals surface area contributed by atoms with Crippen LogP contribution in [0.25, 0.3) is 0 Å². The number of hydrogen-bond donors (Lipinski definition) is 1. The van der Waals surface area contributed by atoms with Gasteiger partial charge < -0.3 is 4.74 Å². The van der Waals surface area contributed by atoms with Crippen LogP contribution in [-0.4, -0.2) is 12.1 Å². The molecule has 3 aromatic carbocycles. The average Bonchev–Trinajstić information content (AvgIpc) is 2.69. The van der Waals surface area contributed by atoms with E-state index >= 15 is 0 Å². The van der Waals surface area contributed by atoms with Crippen molar-refractivity contribution in [3.8, 4) is 5.75 Å². The lowest BCUT2D eigenvalue weighted by Crippen LogP contribution is -2.17. The van der Waals surface area contributed by atoms with Gasteiger partial charge in [-0.05, 0) is 114 Å². The first-order valence-corrected chi connectivity index (χ1v) is 11.4. The van der Waals surface area contributed by atoms with Crippen LogP contribution < -0.4 is 10.2 Å². The SMILES string of the molecule is O=C(N/N=C\c1cc(Br)c(OCc2ccc(Cl)cc2)c(Br)c1)c1ccc(I)cc1. The number of carbonyl (C=O) groups excluding carboxylic acids is 1. The third-order valence-corrected chi connectivity index (χ3v) is 5.95. The summed E-state index contributed by atoms with van der Waals surface area (Å²) in [6.45, 7) is 0.411. The van der Waals surface area contributed by atoms with Gasteiger partial charge in [0.05, 0.1) is 15.2 Å². The standard InChI is InChI=1S/C21H14Br2ClIN2O2/c22-18-9-14(11-26-27-21(28)15-3-7-17(25)8-4-15)10-19(23)20(18)29-12-13-1-5-16(24)6-2-13/h1-11H,12H2,(H,27,28)/b26-11-. The largest absolute Gasteiger partial charge is 0.487 e. The van der Waals surface area contributed by atoms with E-state index in [-0.39, 0.29) is 5.91 Å². The third kappa shape index (κ3) is 6.53. The van der Waals surface area contributed by atoms with Crippen LogP contribution in [-0.2, 0) is 6.61 Å². The van der Waals surface area contributed by atoms with Crippen LogP contribution in [0.2, 0.25) is 5.02 Å². The summed E-state index contributed by atoms with van der Waals surface area (Å²) >= 11 is 15.1. The highest BCUT2D eigenvalue weighted by molar-refractivity contribution is 14.1. The molecule has 29 heavy (non-hydrogen) atoms. The maximum Gasteiger partial charge on any atom is 0.271 e. The maximum absolute atomic E-state index is 12.1. The molecule has 0 aliphatic carbocycles. The number of rotatable bonds is 6. The number of ether oxygens (including phenoxy) is 1. The predicted molar refractivity (Wildman–Crippen MR) is 132 cm³/mol. The number of carbonyl (C=O) groups is 1. The van der Waals surface area contributed by atoms with E-state index < -0.39 is 0 Å². The van der Waals surface area contributed by atoms with Crippen LogP contribution in [0.1, 0.15) is 21.5 Å². The van der Waals surface area contributed by atoms with Gasteiger partial charge in [0.1, 0.15) is 12.4 Å². The molecule has 3 rings (SSSR count). The first-order valence-electron chi connectivity index (χ1n) is 8.37. The van der Waals surface area contributed by atoms with Crippen LogP contribution >= 0.6 is 66.1 Å². The molecule has 0 aliphatic rings. The first-order chi connectivity index (χ1) is 13.9. The lowest BCUT2D eigenvalue weighted by Gasteiger charge is -2.11. The number of amides is 1. The topological polar surface area (TPSA) is 50.7 Å². The summed E-state index contributed by atoms with van der Waals surface area (Å²) in [5, 5.41) is 4.72. The van der Waals surface area contributed by atoms with Crippen molar-refractivity contribution in [2.24, 2.45) is 5.10 Å². The van der Waals surface area contributed by atoms with Gasteiger partial charge in [-0.2, -0.15) is 5.10 Å². The van der Waals surface area contributed by atoms with E-state index in [1.807, 2.05) is 48.5 Å². The zero-order valence-electron chi connectivity index (χ0n) is 14.8. The van der Waals surface area contributed by atoms with Gasteiger partial charge in [-0.1, -0.05) is 23.7 Å². The Bertz CT molecular complexity index is 1020. The quantitative estimate of drug-likeness (QED) is 0.182. The van der Waals surface area contributed by atoms with E-state index in [9.17, 15) is 4.79 Å².